The number of halogens is 1. The first kappa shape index (κ1) is 78.6. The van der Waals surface area contributed by atoms with E-state index in [1.165, 1.54) is 67.2 Å². The average Bonchev–Trinajstić information content (AvgIpc) is 1.62. The largest absolute Gasteiger partial charge is 0.379 e. The molecule has 19 nitrogen and oxygen atoms in total. The summed E-state index contributed by atoms with van der Waals surface area (Å²) in [5.74, 6) is 0. The lowest BCUT2D eigenvalue weighted by atomic mass is 10.0. The first-order chi connectivity index (χ1) is 49.0. The van der Waals surface area contributed by atoms with Gasteiger partial charge in [-0.05, 0) is 125 Å². The number of hydrogen-bond donors (Lipinski definition) is 0. The van der Waals surface area contributed by atoms with E-state index in [1.54, 1.807) is 6.20 Å². The van der Waals surface area contributed by atoms with Crippen molar-refractivity contribution in [3.8, 4) is 33.9 Å². The van der Waals surface area contributed by atoms with Crippen molar-refractivity contribution in [3.05, 3.63) is 191 Å². The number of ether oxygens (including phenoxy) is 3. The number of nitrogens with zero attached hydrogens (tertiary/aromatic N) is 12. The lowest BCUT2D eigenvalue weighted by molar-refractivity contribution is 0.0382. The monoisotopic (exact) mass is 1440 g/mol. The highest BCUT2D eigenvalue weighted by atomic mass is 35.5. The van der Waals surface area contributed by atoms with Crippen LogP contribution >= 0.6 is 11.6 Å². The Morgan fingerprint density at radius 2 is 0.824 bits per heavy atom. The van der Waals surface area contributed by atoms with Gasteiger partial charge in [0.1, 0.15) is 5.15 Å². The summed E-state index contributed by atoms with van der Waals surface area (Å²) in [5, 5.41) is 2.79. The van der Waals surface area contributed by atoms with Crippen LogP contribution in [0.5, 0.6) is 0 Å². The molecular formula is C79H103BClN12O7S2-. The van der Waals surface area contributed by atoms with Gasteiger partial charge in [-0.15, -0.1) is 0 Å². The van der Waals surface area contributed by atoms with E-state index in [-0.39, 0.29) is 15.8 Å². The minimum atomic E-state index is -0.750. The van der Waals surface area contributed by atoms with Crippen molar-refractivity contribution in [2.45, 2.75) is 72.9 Å². The zero-order valence-electron chi connectivity index (χ0n) is 58.3. The van der Waals surface area contributed by atoms with Crippen LogP contribution < -0.4 is 9.80 Å². The summed E-state index contributed by atoms with van der Waals surface area (Å²) >= 11 is 4.83. The first-order valence-electron chi connectivity index (χ1n) is 35.4. The SMILES string of the molecule is C.CC(C)N1CCN(c2ccc(-c3nccc4c3C=C(CCN3CCOCC3)C4)cc2)CC1.CC(C)N1CCN(c2ccc(-c3nccc4c3cc(CCN3CCOCC3)n4-c3ccccc3)cc2)CC1.Clc1nccc2c1cc(CCN1CCOCC1)n2-c1ccccc1.O=S=O.O=S=O.[BH4-]. The lowest BCUT2D eigenvalue weighted by Crippen LogP contribution is -2.48. The maximum absolute atomic E-state index is 8.29. The minimum Gasteiger partial charge on any atom is -0.379 e. The van der Waals surface area contributed by atoms with Crippen LogP contribution in [0.25, 0.3) is 61.8 Å². The maximum atomic E-state index is 8.29. The molecule has 0 atom stereocenters. The van der Waals surface area contributed by atoms with E-state index in [1.807, 2.05) is 24.5 Å². The molecule has 10 heterocycles. The molecule has 102 heavy (non-hydrogen) atoms. The molecule has 9 aromatic rings. The highest BCUT2D eigenvalue weighted by molar-refractivity contribution is 7.52. The van der Waals surface area contributed by atoms with Crippen LogP contribution in [0.15, 0.2) is 164 Å². The quantitative estimate of drug-likeness (QED) is 0.0623. The predicted molar refractivity (Wildman–Crippen MR) is 421 cm³/mol. The van der Waals surface area contributed by atoms with Gasteiger partial charge >= 0.3 is 23.1 Å². The third-order valence-electron chi connectivity index (χ3n) is 20.0. The second-order valence-electron chi connectivity index (χ2n) is 26.5. The molecule has 23 heteroatoms. The van der Waals surface area contributed by atoms with Gasteiger partial charge in [0.15, 0.2) is 0 Å². The molecule has 5 aliphatic heterocycles. The van der Waals surface area contributed by atoms with Crippen LogP contribution in [0.1, 0.15) is 64.1 Å². The Bertz CT molecular complexity index is 4130. The Morgan fingerprint density at radius 1 is 0.441 bits per heavy atom. The van der Waals surface area contributed by atoms with Gasteiger partial charge in [-0.3, -0.25) is 34.5 Å². The first-order valence-corrected chi connectivity index (χ1v) is 37.1. The summed E-state index contributed by atoms with van der Waals surface area (Å²) in [6.45, 7) is 32.5. The topological polar surface area (TPSA) is 167 Å². The molecule has 1 aliphatic carbocycles. The van der Waals surface area contributed by atoms with Gasteiger partial charge in [0.05, 0.1) is 62.1 Å². The number of pyridine rings is 3. The molecule has 5 saturated heterocycles. The van der Waals surface area contributed by atoms with Crippen molar-refractivity contribution >= 4 is 82.4 Å². The number of para-hydroxylation sites is 2. The average molecular weight is 1440 g/mol. The molecule has 0 spiro atoms. The summed E-state index contributed by atoms with van der Waals surface area (Å²) in [5.41, 5.74) is 18.7. The van der Waals surface area contributed by atoms with E-state index < -0.39 is 23.1 Å². The maximum Gasteiger partial charge on any atom is 0.335 e. The number of fused-ring (bicyclic) bond motifs is 3. The summed E-state index contributed by atoms with van der Waals surface area (Å²) in [6, 6.07) is 51.5. The molecule has 4 aromatic carbocycles. The molecule has 5 fully saturated rings. The summed E-state index contributed by atoms with van der Waals surface area (Å²) < 4.78 is 54.4. The fourth-order valence-electron chi connectivity index (χ4n) is 14.4. The van der Waals surface area contributed by atoms with E-state index in [2.05, 4.69) is 210 Å². The van der Waals surface area contributed by atoms with Crippen molar-refractivity contribution in [3.63, 3.8) is 0 Å². The Balaban J connectivity index is 0.000000173. The van der Waals surface area contributed by atoms with E-state index in [0.717, 1.165) is 205 Å². The highest BCUT2D eigenvalue weighted by Gasteiger charge is 2.25. The van der Waals surface area contributed by atoms with Crippen molar-refractivity contribution in [2.24, 2.45) is 0 Å². The van der Waals surface area contributed by atoms with Crippen LogP contribution in [-0.4, -0.2) is 237 Å². The zero-order chi connectivity index (χ0) is 69.6. The molecule has 0 radical (unpaired) electrons. The second-order valence-corrected chi connectivity index (χ2v) is 27.2. The van der Waals surface area contributed by atoms with Crippen LogP contribution in [-0.2, 0) is 56.6 Å². The normalized spacial score (nSPS) is 16.8. The molecular weight excluding hydrogens is 1340 g/mol. The molecule has 15 rings (SSSR count). The van der Waals surface area contributed by atoms with Gasteiger partial charge in [0, 0.05) is 216 Å². The standard InChI is InChI=1S/C32H39N5O.C27H36N4O.C19H20ClN3O.CH4.BH4.2O2S/c1-25(2)35-16-18-36(19-17-35)27-10-8-26(9-11-27)32-30-24-29(13-15-34-20-22-38-23-21-34)37(31(30)12-14-33-32)28-6-4-3-5-7-28;1-21(2)30-11-13-31(14-12-30)25-5-3-23(4-6-25)27-26-20-22(19-24(26)7-9-28-27)8-10-29-15-17-32-18-16-29;20-19-17-14-16(7-9-22-10-12-24-13-11-22)23(18(17)6-8-21-19)15-4-2-1-3-5-15;;;2*1-3-2/h3-12,14,24-25H,13,15-23H2,1-2H3;3-7,9,20-21H,8,10-19H2,1-2H3;1-6,8,14H,7,9-13H2;2*1H4;;/q;;;;-1;;. The molecule has 0 unspecified atom stereocenters. The number of aromatic nitrogens is 5. The summed E-state index contributed by atoms with van der Waals surface area (Å²) in [6.07, 6.45) is 12.3. The van der Waals surface area contributed by atoms with Crippen LogP contribution in [0, 0.1) is 0 Å². The van der Waals surface area contributed by atoms with Gasteiger partial charge in [-0.25, -0.2) is 4.98 Å². The Morgan fingerprint density at radius 3 is 1.26 bits per heavy atom. The van der Waals surface area contributed by atoms with E-state index in [9.17, 15) is 0 Å². The van der Waals surface area contributed by atoms with Crippen LogP contribution in [0.4, 0.5) is 11.4 Å². The van der Waals surface area contributed by atoms with Crippen molar-refractivity contribution in [1.29, 1.82) is 0 Å². The van der Waals surface area contributed by atoms with Crippen molar-refractivity contribution in [2.75, 3.05) is 161 Å². The molecule has 6 aliphatic rings. The minimum absolute atomic E-state index is 0. The fraction of sp³-hybridized carbons (Fsp3) is 0.430. The molecule has 5 aromatic heterocycles. The number of hydrogen-bond acceptors (Lipinski definition) is 17. The zero-order valence-corrected chi connectivity index (χ0v) is 60.6. The van der Waals surface area contributed by atoms with E-state index in [0.29, 0.717) is 17.2 Å². The van der Waals surface area contributed by atoms with Crippen LogP contribution in [0.3, 0.4) is 0 Å². The number of piperazine rings is 2. The third kappa shape index (κ3) is 20.6. The van der Waals surface area contributed by atoms with E-state index in [4.69, 9.17) is 52.6 Å². The highest BCUT2D eigenvalue weighted by Crippen LogP contribution is 2.37. The van der Waals surface area contributed by atoms with Gasteiger partial charge in [0.25, 0.3) is 0 Å². The molecule has 0 N–H and O–H groups in total. The van der Waals surface area contributed by atoms with E-state index >= 15 is 0 Å². The Kier molecular flexibility index (Phi) is 30.7. The van der Waals surface area contributed by atoms with Crippen molar-refractivity contribution < 1.29 is 31.0 Å². The third-order valence-corrected chi connectivity index (χ3v) is 20.3. The fourth-order valence-corrected chi connectivity index (χ4v) is 14.6. The number of anilines is 2. The lowest BCUT2D eigenvalue weighted by Gasteiger charge is -2.38. The van der Waals surface area contributed by atoms with Gasteiger partial charge < -0.3 is 33.1 Å². The molecule has 544 valence electrons. The molecule has 0 saturated carbocycles. The Labute approximate surface area is 617 Å². The smallest absolute Gasteiger partial charge is 0.335 e. The van der Waals surface area contributed by atoms with Crippen molar-refractivity contribution in [1.82, 2.24) is 48.6 Å². The molecule has 0 bridgehead atoms. The molecule has 0 amide bonds. The summed E-state index contributed by atoms with van der Waals surface area (Å²) in [7, 11) is 0. The predicted octanol–water partition coefficient (Wildman–Crippen LogP) is 10.4. The Hall–Kier alpha value is -7.58. The number of benzene rings is 4. The number of morpholine rings is 3. The van der Waals surface area contributed by atoms with Gasteiger partial charge in [-0.1, -0.05) is 99.8 Å². The van der Waals surface area contributed by atoms with Gasteiger partial charge in [-0.2, -0.15) is 16.8 Å². The van der Waals surface area contributed by atoms with Crippen LogP contribution in [0.2, 0.25) is 5.15 Å². The second kappa shape index (κ2) is 39.9. The summed E-state index contributed by atoms with van der Waals surface area (Å²) in [4.78, 5) is 31.5. The number of rotatable bonds is 17. The van der Waals surface area contributed by atoms with Gasteiger partial charge in [0.2, 0.25) is 0 Å².